The van der Waals surface area contributed by atoms with Crippen molar-refractivity contribution in [3.8, 4) is 0 Å². The molecule has 2 aromatic heterocycles. The molecule has 1 aliphatic rings. The Hall–Kier alpha value is -2.08. The van der Waals surface area contributed by atoms with Crippen molar-refractivity contribution in [3.05, 3.63) is 52.5 Å². The lowest BCUT2D eigenvalue weighted by molar-refractivity contribution is 0.214. The molecule has 1 saturated heterocycles. The van der Waals surface area contributed by atoms with E-state index in [0.717, 1.165) is 37.3 Å². The van der Waals surface area contributed by atoms with Crippen LogP contribution in [0.3, 0.4) is 0 Å². The molecule has 1 atom stereocenters. The Bertz CT molecular complexity index is 669. The van der Waals surface area contributed by atoms with E-state index in [1.165, 1.54) is 0 Å². The molecule has 21 heavy (non-hydrogen) atoms. The first-order valence-corrected chi connectivity index (χ1v) is 7.26. The largest absolute Gasteiger partial charge is 0.293 e. The summed E-state index contributed by atoms with van der Waals surface area (Å²) in [4.78, 5) is 22.8. The monoisotopic (exact) mass is 285 g/mol. The summed E-state index contributed by atoms with van der Waals surface area (Å²) in [7, 11) is 0. The molecule has 0 amide bonds. The minimum absolute atomic E-state index is 0.0419. The standard InChI is InChI=1S/C15H19N5O/c1-12-8-16-9-13(18-12)10-19-7-3-4-14(19)11-20-15(21)5-2-6-17-20/h2,5-6,8-9,14H,3-4,7,10-11H2,1H3. The smallest absolute Gasteiger partial charge is 0.266 e. The second kappa shape index (κ2) is 6.13. The minimum Gasteiger partial charge on any atom is -0.293 e. The number of nitrogens with zero attached hydrogens (tertiary/aromatic N) is 5. The second-order valence-electron chi connectivity index (χ2n) is 5.46. The van der Waals surface area contributed by atoms with Crippen molar-refractivity contribution in [2.75, 3.05) is 6.54 Å². The van der Waals surface area contributed by atoms with Gasteiger partial charge in [-0.2, -0.15) is 5.10 Å². The first-order chi connectivity index (χ1) is 10.2. The molecule has 2 aromatic rings. The summed E-state index contributed by atoms with van der Waals surface area (Å²) in [6.45, 7) is 4.40. The van der Waals surface area contributed by atoms with Crippen LogP contribution in [0.25, 0.3) is 0 Å². The lowest BCUT2D eigenvalue weighted by Gasteiger charge is -2.24. The van der Waals surface area contributed by atoms with Crippen molar-refractivity contribution in [2.45, 2.75) is 38.9 Å². The molecule has 0 aromatic carbocycles. The number of aromatic nitrogens is 4. The highest BCUT2D eigenvalue weighted by Crippen LogP contribution is 2.20. The quantitative estimate of drug-likeness (QED) is 0.839. The third-order valence-electron chi connectivity index (χ3n) is 3.84. The van der Waals surface area contributed by atoms with Gasteiger partial charge in [-0.15, -0.1) is 0 Å². The molecule has 1 unspecified atom stereocenters. The maximum absolute atomic E-state index is 11.8. The molecule has 3 heterocycles. The molecule has 6 nitrogen and oxygen atoms in total. The van der Waals surface area contributed by atoms with Crippen LogP contribution in [0.2, 0.25) is 0 Å². The first kappa shape index (κ1) is 13.9. The summed E-state index contributed by atoms with van der Waals surface area (Å²) in [5.74, 6) is 0. The van der Waals surface area contributed by atoms with E-state index in [1.54, 1.807) is 29.2 Å². The Morgan fingerprint density at radius 2 is 2.29 bits per heavy atom. The van der Waals surface area contributed by atoms with Crippen LogP contribution in [-0.4, -0.2) is 37.2 Å². The predicted molar refractivity (Wildman–Crippen MR) is 78.7 cm³/mol. The molecule has 3 rings (SSSR count). The SMILES string of the molecule is Cc1cncc(CN2CCCC2Cn2ncccc2=O)n1. The van der Waals surface area contributed by atoms with Gasteiger partial charge in [0.05, 0.1) is 17.9 Å². The summed E-state index contributed by atoms with van der Waals surface area (Å²) in [5, 5.41) is 4.15. The van der Waals surface area contributed by atoms with Crippen molar-refractivity contribution in [3.63, 3.8) is 0 Å². The average molecular weight is 285 g/mol. The molecule has 0 spiro atoms. The lowest BCUT2D eigenvalue weighted by atomic mass is 10.2. The van der Waals surface area contributed by atoms with Gasteiger partial charge in [-0.25, -0.2) is 4.68 Å². The molecule has 1 fully saturated rings. The van der Waals surface area contributed by atoms with Gasteiger partial charge in [0.1, 0.15) is 0 Å². The fourth-order valence-corrected chi connectivity index (χ4v) is 2.83. The van der Waals surface area contributed by atoms with Gasteiger partial charge in [-0.3, -0.25) is 19.7 Å². The highest BCUT2D eigenvalue weighted by molar-refractivity contribution is 5.02. The van der Waals surface area contributed by atoms with E-state index < -0.39 is 0 Å². The van der Waals surface area contributed by atoms with Crippen LogP contribution >= 0.6 is 0 Å². The predicted octanol–water partition coefficient (Wildman–Crippen LogP) is 1.01. The van der Waals surface area contributed by atoms with Gasteiger partial charge in [0.15, 0.2) is 0 Å². The number of likely N-dealkylation sites (tertiary alicyclic amines) is 1. The lowest BCUT2D eigenvalue weighted by Crippen LogP contribution is -2.36. The van der Waals surface area contributed by atoms with E-state index in [1.807, 2.05) is 13.1 Å². The molecular weight excluding hydrogens is 266 g/mol. The van der Waals surface area contributed by atoms with Gasteiger partial charge in [-0.1, -0.05) is 0 Å². The van der Waals surface area contributed by atoms with Crippen molar-refractivity contribution >= 4 is 0 Å². The Balaban J connectivity index is 1.71. The zero-order valence-electron chi connectivity index (χ0n) is 12.1. The van der Waals surface area contributed by atoms with Gasteiger partial charge in [-0.05, 0) is 32.4 Å². The Morgan fingerprint density at radius 1 is 1.38 bits per heavy atom. The average Bonchev–Trinajstić information content (AvgIpc) is 2.89. The highest BCUT2D eigenvalue weighted by atomic mass is 16.1. The van der Waals surface area contributed by atoms with Crippen molar-refractivity contribution in [1.29, 1.82) is 0 Å². The van der Waals surface area contributed by atoms with E-state index >= 15 is 0 Å². The molecule has 0 aliphatic carbocycles. The molecule has 0 bridgehead atoms. The number of rotatable bonds is 4. The Kier molecular flexibility index (Phi) is 4.06. The van der Waals surface area contributed by atoms with Crippen LogP contribution in [0.1, 0.15) is 24.2 Å². The van der Waals surface area contributed by atoms with Gasteiger partial charge < -0.3 is 0 Å². The zero-order valence-corrected chi connectivity index (χ0v) is 12.1. The van der Waals surface area contributed by atoms with Crippen LogP contribution in [0, 0.1) is 6.92 Å². The Morgan fingerprint density at radius 3 is 3.10 bits per heavy atom. The maximum atomic E-state index is 11.8. The summed E-state index contributed by atoms with van der Waals surface area (Å²) < 4.78 is 1.55. The summed E-state index contributed by atoms with van der Waals surface area (Å²) in [6.07, 6.45) is 7.47. The van der Waals surface area contributed by atoms with E-state index in [-0.39, 0.29) is 5.56 Å². The van der Waals surface area contributed by atoms with Gasteiger partial charge in [0.2, 0.25) is 0 Å². The highest BCUT2D eigenvalue weighted by Gasteiger charge is 2.25. The van der Waals surface area contributed by atoms with Crippen LogP contribution < -0.4 is 5.56 Å². The summed E-state index contributed by atoms with van der Waals surface area (Å²) in [6, 6.07) is 3.56. The van der Waals surface area contributed by atoms with Gasteiger partial charge in [0, 0.05) is 37.2 Å². The van der Waals surface area contributed by atoms with E-state index in [9.17, 15) is 4.79 Å². The molecule has 6 heteroatoms. The number of hydrogen-bond donors (Lipinski definition) is 0. The summed E-state index contributed by atoms with van der Waals surface area (Å²) in [5.41, 5.74) is 1.87. The molecule has 1 aliphatic heterocycles. The van der Waals surface area contributed by atoms with Crippen LogP contribution in [-0.2, 0) is 13.1 Å². The van der Waals surface area contributed by atoms with E-state index in [4.69, 9.17) is 0 Å². The zero-order chi connectivity index (χ0) is 14.7. The van der Waals surface area contributed by atoms with E-state index in [2.05, 4.69) is 20.0 Å². The molecular formula is C15H19N5O. The fourth-order valence-electron chi connectivity index (χ4n) is 2.83. The van der Waals surface area contributed by atoms with Gasteiger partial charge in [0.25, 0.3) is 5.56 Å². The van der Waals surface area contributed by atoms with Crippen molar-refractivity contribution in [1.82, 2.24) is 24.6 Å². The number of hydrogen-bond acceptors (Lipinski definition) is 5. The Labute approximate surface area is 123 Å². The van der Waals surface area contributed by atoms with Crippen LogP contribution in [0.15, 0.2) is 35.5 Å². The third kappa shape index (κ3) is 3.33. The van der Waals surface area contributed by atoms with Crippen molar-refractivity contribution in [2.24, 2.45) is 0 Å². The molecule has 0 radical (unpaired) electrons. The van der Waals surface area contributed by atoms with E-state index in [0.29, 0.717) is 12.6 Å². The van der Waals surface area contributed by atoms with Crippen molar-refractivity contribution < 1.29 is 0 Å². The maximum Gasteiger partial charge on any atom is 0.266 e. The second-order valence-corrected chi connectivity index (χ2v) is 5.46. The normalized spacial score (nSPS) is 19.0. The molecule has 110 valence electrons. The fraction of sp³-hybridized carbons (Fsp3) is 0.467. The van der Waals surface area contributed by atoms with Crippen LogP contribution in [0.4, 0.5) is 0 Å². The topological polar surface area (TPSA) is 63.9 Å². The third-order valence-corrected chi connectivity index (χ3v) is 3.84. The van der Waals surface area contributed by atoms with Crippen LogP contribution in [0.5, 0.6) is 0 Å². The summed E-state index contributed by atoms with van der Waals surface area (Å²) >= 11 is 0. The molecule has 0 saturated carbocycles. The molecule has 0 N–H and O–H groups in total. The first-order valence-electron chi connectivity index (χ1n) is 7.26. The minimum atomic E-state index is -0.0419. The van der Waals surface area contributed by atoms with Gasteiger partial charge >= 0.3 is 0 Å². The number of aryl methyl sites for hydroxylation is 1.